The molecule has 1 heterocycles. The molecule has 13 heavy (non-hydrogen) atoms. The van der Waals surface area contributed by atoms with Crippen molar-refractivity contribution in [3.63, 3.8) is 0 Å². The lowest BCUT2D eigenvalue weighted by molar-refractivity contribution is 0.0969. The van der Waals surface area contributed by atoms with Crippen LogP contribution in [0.4, 0.5) is 0 Å². The first-order valence-electron chi connectivity index (χ1n) is 3.47. The van der Waals surface area contributed by atoms with Crippen molar-refractivity contribution in [3.8, 4) is 11.9 Å². The van der Waals surface area contributed by atoms with Gasteiger partial charge in [-0.3, -0.25) is 15.1 Å². The van der Waals surface area contributed by atoms with Crippen LogP contribution in [0.2, 0.25) is 0 Å². The average Bonchev–Trinajstić information content (AvgIpc) is 2.18. The van der Waals surface area contributed by atoms with Crippen LogP contribution in [0.1, 0.15) is 10.4 Å². The Morgan fingerprint density at radius 1 is 1.77 bits per heavy atom. The first kappa shape index (κ1) is 9.00. The maximum absolute atomic E-state index is 11.2. The highest BCUT2D eigenvalue weighted by atomic mass is 16.5. The van der Waals surface area contributed by atoms with Gasteiger partial charge in [-0.25, -0.2) is 0 Å². The van der Waals surface area contributed by atoms with Gasteiger partial charge in [-0.1, -0.05) is 0 Å². The molecule has 1 N–H and O–H groups in total. The van der Waals surface area contributed by atoms with Gasteiger partial charge in [0.25, 0.3) is 5.91 Å². The lowest BCUT2D eigenvalue weighted by Gasteiger charge is -2.03. The van der Waals surface area contributed by atoms with E-state index in [4.69, 9.17) is 10.00 Å². The minimum Gasteiger partial charge on any atom is -0.494 e. The van der Waals surface area contributed by atoms with Crippen molar-refractivity contribution in [2.45, 2.75) is 0 Å². The number of carbonyl (C=O) groups is 1. The Kier molecular flexibility index (Phi) is 2.82. The highest BCUT2D eigenvalue weighted by Gasteiger charge is 2.10. The number of hydrogen-bond donors (Lipinski definition) is 1. The van der Waals surface area contributed by atoms with Gasteiger partial charge >= 0.3 is 0 Å². The molecule has 0 radical (unpaired) electrons. The first-order chi connectivity index (χ1) is 6.29. The number of methoxy groups -OCH3 is 1. The van der Waals surface area contributed by atoms with Crippen LogP contribution in [0.25, 0.3) is 0 Å². The van der Waals surface area contributed by atoms with Crippen LogP contribution < -0.4 is 10.1 Å². The molecule has 0 atom stereocenters. The largest absolute Gasteiger partial charge is 0.494 e. The summed E-state index contributed by atoms with van der Waals surface area (Å²) in [6, 6.07) is 1.48. The van der Waals surface area contributed by atoms with E-state index in [1.54, 1.807) is 6.19 Å². The molecule has 5 nitrogen and oxygen atoms in total. The lowest BCUT2D eigenvalue weighted by atomic mass is 10.2. The Labute approximate surface area is 75.0 Å². The summed E-state index contributed by atoms with van der Waals surface area (Å²) in [4.78, 5) is 15.0. The zero-order valence-electron chi connectivity index (χ0n) is 6.94. The molecule has 1 aromatic rings. The number of nitrogens with zero attached hydrogens (tertiary/aromatic N) is 2. The molecule has 0 spiro atoms. The van der Waals surface area contributed by atoms with E-state index in [-0.39, 0.29) is 0 Å². The third kappa shape index (κ3) is 1.93. The molecule has 0 aliphatic rings. The summed E-state index contributed by atoms with van der Waals surface area (Å²) in [7, 11) is 1.43. The third-order valence-electron chi connectivity index (χ3n) is 1.42. The smallest absolute Gasteiger partial charge is 0.268 e. The van der Waals surface area contributed by atoms with E-state index in [0.29, 0.717) is 11.3 Å². The molecule has 0 unspecified atom stereocenters. The molecule has 66 valence electrons. The number of ether oxygens (including phenoxy) is 1. The van der Waals surface area contributed by atoms with Crippen molar-refractivity contribution in [2.24, 2.45) is 0 Å². The average molecular weight is 177 g/mol. The minimum atomic E-state index is -0.498. The Morgan fingerprint density at radius 2 is 2.54 bits per heavy atom. The number of rotatable bonds is 2. The predicted molar refractivity (Wildman–Crippen MR) is 43.9 cm³/mol. The fourth-order valence-electron chi connectivity index (χ4n) is 0.848. The van der Waals surface area contributed by atoms with Crippen molar-refractivity contribution in [1.82, 2.24) is 10.3 Å². The van der Waals surface area contributed by atoms with E-state index in [1.807, 2.05) is 5.32 Å². The van der Waals surface area contributed by atoms with Crippen LogP contribution >= 0.6 is 0 Å². The summed E-state index contributed by atoms with van der Waals surface area (Å²) in [5.41, 5.74) is 0.291. The van der Waals surface area contributed by atoms with Crippen molar-refractivity contribution >= 4 is 5.91 Å². The Morgan fingerprint density at radius 3 is 3.15 bits per heavy atom. The Hall–Kier alpha value is -2.09. The number of nitriles is 1. The standard InChI is InChI=1S/C8H7N3O2/c1-13-7-4-10-3-2-6(7)8(12)11-5-9/h2-4H,1H3,(H,11,12). The molecule has 1 amide bonds. The highest BCUT2D eigenvalue weighted by Crippen LogP contribution is 2.14. The summed E-state index contributed by atoms with van der Waals surface area (Å²) in [5, 5.41) is 10.2. The predicted octanol–water partition coefficient (Wildman–Crippen LogP) is 0.301. The van der Waals surface area contributed by atoms with Gasteiger partial charge in [-0.2, -0.15) is 5.26 Å². The van der Waals surface area contributed by atoms with E-state index < -0.39 is 5.91 Å². The number of aromatic nitrogens is 1. The van der Waals surface area contributed by atoms with Gasteiger partial charge < -0.3 is 4.74 Å². The number of pyridine rings is 1. The molecular formula is C8H7N3O2. The monoisotopic (exact) mass is 177 g/mol. The van der Waals surface area contributed by atoms with Crippen molar-refractivity contribution < 1.29 is 9.53 Å². The molecule has 0 aromatic carbocycles. The second kappa shape index (κ2) is 4.07. The lowest BCUT2D eigenvalue weighted by Crippen LogP contribution is -2.18. The summed E-state index contributed by atoms with van der Waals surface area (Å²) in [6.45, 7) is 0. The van der Waals surface area contributed by atoms with Crippen molar-refractivity contribution in [3.05, 3.63) is 24.0 Å². The minimum absolute atomic E-state index is 0.291. The Balaban J connectivity index is 3.00. The molecule has 1 aromatic heterocycles. The normalized spacial score (nSPS) is 8.62. The fourth-order valence-corrected chi connectivity index (χ4v) is 0.848. The van der Waals surface area contributed by atoms with Crippen molar-refractivity contribution in [1.29, 1.82) is 5.26 Å². The molecule has 5 heteroatoms. The molecular weight excluding hydrogens is 170 g/mol. The van der Waals surface area contributed by atoms with Crippen molar-refractivity contribution in [2.75, 3.05) is 7.11 Å². The summed E-state index contributed by atoms with van der Waals surface area (Å²) < 4.78 is 4.88. The molecule has 0 aliphatic carbocycles. The molecule has 0 bridgehead atoms. The topological polar surface area (TPSA) is 75.0 Å². The number of hydrogen-bond acceptors (Lipinski definition) is 4. The van der Waals surface area contributed by atoms with Crippen LogP contribution in [0.15, 0.2) is 18.5 Å². The number of carbonyl (C=O) groups excluding carboxylic acids is 1. The third-order valence-corrected chi connectivity index (χ3v) is 1.42. The van der Waals surface area contributed by atoms with Crippen LogP contribution in [0, 0.1) is 11.5 Å². The van der Waals surface area contributed by atoms with Gasteiger partial charge in [0.2, 0.25) is 0 Å². The van der Waals surface area contributed by atoms with Gasteiger partial charge in [0.05, 0.1) is 18.9 Å². The van der Waals surface area contributed by atoms with Crippen LogP contribution in [-0.2, 0) is 0 Å². The van der Waals surface area contributed by atoms with Gasteiger partial charge in [0.1, 0.15) is 5.75 Å². The summed E-state index contributed by atoms with van der Waals surface area (Å²) >= 11 is 0. The SMILES string of the molecule is COc1cnccc1C(=O)NC#N. The summed E-state index contributed by atoms with van der Waals surface area (Å²) in [5.74, 6) is -0.156. The maximum Gasteiger partial charge on any atom is 0.268 e. The maximum atomic E-state index is 11.2. The van der Waals surface area contributed by atoms with Crippen LogP contribution in [-0.4, -0.2) is 18.0 Å². The van der Waals surface area contributed by atoms with E-state index in [9.17, 15) is 4.79 Å². The second-order valence-corrected chi connectivity index (χ2v) is 2.14. The fraction of sp³-hybridized carbons (Fsp3) is 0.125. The molecule has 0 saturated carbocycles. The zero-order valence-corrected chi connectivity index (χ0v) is 6.94. The van der Waals surface area contributed by atoms with Crippen LogP contribution in [0.5, 0.6) is 5.75 Å². The number of amides is 1. The molecule has 0 fully saturated rings. The molecule has 0 aliphatic heterocycles. The van der Waals surface area contributed by atoms with Gasteiger partial charge in [-0.05, 0) is 6.07 Å². The van der Waals surface area contributed by atoms with Gasteiger partial charge in [0.15, 0.2) is 6.19 Å². The van der Waals surface area contributed by atoms with Gasteiger partial charge in [0, 0.05) is 6.20 Å². The first-order valence-corrected chi connectivity index (χ1v) is 3.47. The van der Waals surface area contributed by atoms with Gasteiger partial charge in [-0.15, -0.1) is 0 Å². The van der Waals surface area contributed by atoms with E-state index in [2.05, 4.69) is 4.98 Å². The van der Waals surface area contributed by atoms with E-state index in [1.165, 1.54) is 25.6 Å². The zero-order chi connectivity index (χ0) is 9.68. The quantitative estimate of drug-likeness (QED) is 0.520. The highest BCUT2D eigenvalue weighted by molar-refractivity contribution is 5.97. The van der Waals surface area contributed by atoms with Crippen LogP contribution in [0.3, 0.4) is 0 Å². The summed E-state index contributed by atoms with van der Waals surface area (Å²) in [6.07, 6.45) is 4.40. The van der Waals surface area contributed by atoms with E-state index >= 15 is 0 Å². The Bertz CT molecular complexity index is 357. The molecule has 1 rings (SSSR count). The molecule has 0 saturated heterocycles. The second-order valence-electron chi connectivity index (χ2n) is 2.14. The number of nitrogens with one attached hydrogen (secondary N) is 1. The van der Waals surface area contributed by atoms with E-state index in [0.717, 1.165) is 0 Å².